The Labute approximate surface area is 156 Å². The first kappa shape index (κ1) is 16.1. The zero-order valence-corrected chi connectivity index (χ0v) is 15.6. The van der Waals surface area contributed by atoms with Crippen molar-refractivity contribution in [3.8, 4) is 17.0 Å². The maximum absolute atomic E-state index is 6.32. The van der Waals surface area contributed by atoms with Crippen molar-refractivity contribution in [1.82, 2.24) is 9.88 Å². The van der Waals surface area contributed by atoms with Gasteiger partial charge in [0.1, 0.15) is 11.4 Å². The van der Waals surface area contributed by atoms with Crippen LogP contribution in [0.4, 0.5) is 5.13 Å². The topological polar surface area (TPSA) is 59.0 Å². The van der Waals surface area contributed by atoms with E-state index >= 15 is 0 Å². The lowest BCUT2D eigenvalue weighted by molar-refractivity contribution is -0.0829. The number of aromatic nitrogens is 1. The molecule has 1 atom stereocenters. The second-order valence-electron chi connectivity index (χ2n) is 7.23. The van der Waals surface area contributed by atoms with Crippen molar-refractivity contribution in [2.24, 2.45) is 10.9 Å². The first-order chi connectivity index (χ1) is 12.7. The molecule has 6 rings (SSSR count). The molecule has 3 fully saturated rings. The summed E-state index contributed by atoms with van der Waals surface area (Å²) >= 11 is 1.57. The Bertz CT molecular complexity index is 826. The van der Waals surface area contributed by atoms with Gasteiger partial charge in [0, 0.05) is 23.4 Å². The van der Waals surface area contributed by atoms with Gasteiger partial charge in [0.25, 0.3) is 6.02 Å². The number of ether oxygens (including phenoxy) is 2. The number of thiazole rings is 1. The molecule has 1 aromatic heterocycles. The Hall–Kier alpha value is -2.12. The highest BCUT2D eigenvalue weighted by molar-refractivity contribution is 7.14. The predicted molar refractivity (Wildman–Crippen MR) is 103 cm³/mol. The highest BCUT2D eigenvalue weighted by atomic mass is 32.1. The van der Waals surface area contributed by atoms with Crippen LogP contribution in [0.2, 0.25) is 0 Å². The Kier molecular flexibility index (Phi) is 3.86. The number of fused-ring (bicyclic) bond motifs is 2. The van der Waals surface area contributed by atoms with E-state index in [9.17, 15) is 0 Å². The van der Waals surface area contributed by atoms with Crippen LogP contribution in [0.15, 0.2) is 34.6 Å². The van der Waals surface area contributed by atoms with E-state index in [0.717, 1.165) is 35.2 Å². The smallest absolute Gasteiger partial charge is 0.291 e. The van der Waals surface area contributed by atoms with Crippen molar-refractivity contribution < 1.29 is 9.47 Å². The molecule has 6 nitrogen and oxygen atoms in total. The minimum Gasteiger partial charge on any atom is -0.497 e. The van der Waals surface area contributed by atoms with Crippen LogP contribution in [-0.2, 0) is 4.74 Å². The molecule has 0 amide bonds. The van der Waals surface area contributed by atoms with Crippen LogP contribution >= 0.6 is 11.3 Å². The third-order valence-electron chi connectivity index (χ3n) is 5.72. The number of aliphatic imine (C=N–C) groups is 1. The van der Waals surface area contributed by atoms with Crippen LogP contribution in [0.1, 0.15) is 12.8 Å². The van der Waals surface area contributed by atoms with Gasteiger partial charge in [0.15, 0.2) is 5.13 Å². The quantitative estimate of drug-likeness (QED) is 0.900. The normalized spacial score (nSPS) is 29.5. The van der Waals surface area contributed by atoms with Crippen molar-refractivity contribution in [1.29, 1.82) is 0 Å². The van der Waals surface area contributed by atoms with Crippen molar-refractivity contribution in [3.63, 3.8) is 0 Å². The molecule has 4 aliphatic heterocycles. The van der Waals surface area contributed by atoms with E-state index in [4.69, 9.17) is 9.47 Å². The second-order valence-corrected chi connectivity index (χ2v) is 8.09. The van der Waals surface area contributed by atoms with Gasteiger partial charge in [-0.1, -0.05) is 0 Å². The largest absolute Gasteiger partial charge is 0.497 e. The van der Waals surface area contributed by atoms with Gasteiger partial charge in [-0.15, -0.1) is 11.3 Å². The fourth-order valence-corrected chi connectivity index (χ4v) is 4.97. The molecule has 1 aromatic carbocycles. The fourth-order valence-electron chi connectivity index (χ4n) is 4.26. The number of nitrogens with one attached hydrogen (secondary N) is 1. The van der Waals surface area contributed by atoms with Gasteiger partial charge in [0.2, 0.25) is 0 Å². The van der Waals surface area contributed by atoms with E-state index in [1.165, 1.54) is 25.9 Å². The molecule has 3 saturated heterocycles. The highest BCUT2D eigenvalue weighted by Gasteiger charge is 2.51. The van der Waals surface area contributed by atoms with Crippen molar-refractivity contribution in [2.75, 3.05) is 38.6 Å². The Morgan fingerprint density at radius 2 is 2.08 bits per heavy atom. The van der Waals surface area contributed by atoms with Gasteiger partial charge in [-0.25, -0.2) is 9.98 Å². The molecule has 0 radical (unpaired) electrons. The van der Waals surface area contributed by atoms with E-state index in [-0.39, 0.29) is 5.60 Å². The zero-order chi connectivity index (χ0) is 17.6. The number of rotatable bonds is 3. The molecule has 2 bridgehead atoms. The predicted octanol–water partition coefficient (Wildman–Crippen LogP) is 3.08. The maximum atomic E-state index is 6.32. The van der Waals surface area contributed by atoms with Crippen LogP contribution in [0.25, 0.3) is 11.3 Å². The summed E-state index contributed by atoms with van der Waals surface area (Å²) in [6.45, 7) is 4.17. The number of hydrogen-bond donors (Lipinski definition) is 1. The summed E-state index contributed by atoms with van der Waals surface area (Å²) in [5, 5.41) is 6.13. The number of anilines is 1. The fraction of sp³-hybridized carbons (Fsp3) is 0.474. The van der Waals surface area contributed by atoms with E-state index < -0.39 is 0 Å². The number of nitrogens with zero attached hydrogens (tertiary/aromatic N) is 3. The van der Waals surface area contributed by atoms with Gasteiger partial charge in [-0.2, -0.15) is 0 Å². The first-order valence-corrected chi connectivity index (χ1v) is 9.95. The van der Waals surface area contributed by atoms with Crippen LogP contribution in [0.3, 0.4) is 0 Å². The van der Waals surface area contributed by atoms with Gasteiger partial charge < -0.3 is 9.47 Å². The summed E-state index contributed by atoms with van der Waals surface area (Å²) in [5.74, 6) is 1.47. The molecule has 136 valence electrons. The number of piperidine rings is 3. The number of benzene rings is 1. The molecule has 7 heteroatoms. The maximum Gasteiger partial charge on any atom is 0.291 e. The molecule has 5 heterocycles. The van der Waals surface area contributed by atoms with Gasteiger partial charge in [-0.3, -0.25) is 10.2 Å². The van der Waals surface area contributed by atoms with E-state index in [0.29, 0.717) is 11.9 Å². The molecule has 2 aromatic rings. The summed E-state index contributed by atoms with van der Waals surface area (Å²) in [6, 6.07) is 8.55. The number of hydrogen-bond acceptors (Lipinski definition) is 7. The molecule has 26 heavy (non-hydrogen) atoms. The third-order valence-corrected chi connectivity index (χ3v) is 6.47. The Balaban J connectivity index is 1.27. The summed E-state index contributed by atoms with van der Waals surface area (Å²) in [4.78, 5) is 11.8. The van der Waals surface area contributed by atoms with Gasteiger partial charge in [0.05, 0.1) is 19.3 Å². The Morgan fingerprint density at radius 3 is 2.77 bits per heavy atom. The summed E-state index contributed by atoms with van der Waals surface area (Å²) in [5.41, 5.74) is 1.89. The molecular weight excluding hydrogens is 348 g/mol. The number of amidine groups is 1. The molecule has 0 saturated carbocycles. The standard InChI is InChI=1S/C19H22N4O2S/c1-24-15-4-2-13(3-5-15)16-10-26-18(21-16)22-17-20-11-19(25-17)12-23-8-6-14(19)7-9-23/h2-5,10,14H,6-9,11-12H2,1H3,(H,20,21,22)/t19-/m1/s1. The lowest BCUT2D eigenvalue weighted by Crippen LogP contribution is -2.61. The van der Waals surface area contributed by atoms with Crippen molar-refractivity contribution in [3.05, 3.63) is 29.6 Å². The molecule has 1 N–H and O–H groups in total. The molecule has 4 aliphatic rings. The lowest BCUT2D eigenvalue weighted by atomic mass is 9.75. The summed E-state index contributed by atoms with van der Waals surface area (Å²) < 4.78 is 11.5. The molecule has 0 aliphatic carbocycles. The molecule has 0 unspecified atom stereocenters. The van der Waals surface area contributed by atoms with Crippen LogP contribution in [0, 0.1) is 5.92 Å². The van der Waals surface area contributed by atoms with Crippen LogP contribution in [0.5, 0.6) is 5.75 Å². The third kappa shape index (κ3) is 2.75. The average molecular weight is 370 g/mol. The summed E-state index contributed by atoms with van der Waals surface area (Å²) in [7, 11) is 1.67. The van der Waals surface area contributed by atoms with Crippen LogP contribution in [-0.4, -0.2) is 54.8 Å². The monoisotopic (exact) mass is 370 g/mol. The van der Waals surface area contributed by atoms with Crippen LogP contribution < -0.4 is 10.1 Å². The van der Waals surface area contributed by atoms with E-state index in [1.807, 2.05) is 29.6 Å². The Morgan fingerprint density at radius 1 is 1.27 bits per heavy atom. The minimum atomic E-state index is -0.116. The first-order valence-electron chi connectivity index (χ1n) is 9.07. The minimum absolute atomic E-state index is 0.116. The SMILES string of the molecule is COc1ccc(-c2csc(NC3=NC[C@]4(CN5CCC4CC5)O3)n2)cc1. The zero-order valence-electron chi connectivity index (χ0n) is 14.8. The van der Waals surface area contributed by atoms with Crippen molar-refractivity contribution in [2.45, 2.75) is 18.4 Å². The lowest BCUT2D eigenvalue weighted by Gasteiger charge is -2.50. The van der Waals surface area contributed by atoms with Crippen molar-refractivity contribution >= 4 is 22.5 Å². The number of methoxy groups -OCH3 is 1. The van der Waals surface area contributed by atoms with E-state index in [2.05, 4.69) is 20.2 Å². The highest BCUT2D eigenvalue weighted by Crippen LogP contribution is 2.41. The molecular formula is C19H22N4O2S. The summed E-state index contributed by atoms with van der Waals surface area (Å²) in [6.07, 6.45) is 2.45. The van der Waals surface area contributed by atoms with E-state index in [1.54, 1.807) is 18.4 Å². The second kappa shape index (κ2) is 6.25. The average Bonchev–Trinajstić information content (AvgIpc) is 3.31. The molecule has 1 spiro atoms. The van der Waals surface area contributed by atoms with Gasteiger partial charge in [-0.05, 0) is 50.2 Å². The van der Waals surface area contributed by atoms with Gasteiger partial charge >= 0.3 is 0 Å².